The summed E-state index contributed by atoms with van der Waals surface area (Å²) in [7, 11) is 0. The summed E-state index contributed by atoms with van der Waals surface area (Å²) in [5.74, 6) is 0.972. The molecule has 0 heterocycles. The molecule has 0 spiro atoms. The van der Waals surface area contributed by atoms with E-state index in [-0.39, 0.29) is 12.5 Å². The Morgan fingerprint density at radius 2 is 1.72 bits per heavy atom. The van der Waals surface area contributed by atoms with Gasteiger partial charge in [-0.05, 0) is 48.9 Å². The summed E-state index contributed by atoms with van der Waals surface area (Å²) in [4.78, 5) is 11.9. The van der Waals surface area contributed by atoms with Crippen molar-refractivity contribution in [3.63, 3.8) is 0 Å². The molecule has 0 aliphatic rings. The highest BCUT2D eigenvalue weighted by molar-refractivity contribution is 5.83. The van der Waals surface area contributed by atoms with Gasteiger partial charge in [-0.25, -0.2) is 5.43 Å². The zero-order valence-corrected chi connectivity index (χ0v) is 15.6. The van der Waals surface area contributed by atoms with Gasteiger partial charge < -0.3 is 4.74 Å². The number of hydrogen-bond acceptors (Lipinski definition) is 3. The van der Waals surface area contributed by atoms with E-state index in [1.807, 2.05) is 45.0 Å². The summed E-state index contributed by atoms with van der Waals surface area (Å²) in [5, 5.41) is 3.98. The Bertz CT molecular complexity index is 739. The highest BCUT2D eigenvalue weighted by Gasteiger charge is 2.07. The second-order valence-corrected chi connectivity index (χ2v) is 6.63. The average Bonchev–Trinajstić information content (AvgIpc) is 2.54. The largest absolute Gasteiger partial charge is 0.483 e. The van der Waals surface area contributed by atoms with Gasteiger partial charge in [0.05, 0.1) is 6.21 Å². The number of ether oxygens (including phenoxy) is 1. The third-order valence-corrected chi connectivity index (χ3v) is 3.96. The Hall–Kier alpha value is -2.62. The van der Waals surface area contributed by atoms with Gasteiger partial charge in [0.25, 0.3) is 5.91 Å². The fourth-order valence-electron chi connectivity index (χ4n) is 2.71. The number of rotatable bonds is 6. The van der Waals surface area contributed by atoms with Gasteiger partial charge in [-0.1, -0.05) is 55.8 Å². The number of nitrogens with one attached hydrogen (secondary N) is 1. The standard InChI is InChI=1S/C21H26N2O2/c1-14(2)19-8-6-18(7-9-19)12-22-23-20(24)13-25-21-16(4)10-15(3)11-17(21)5/h6-12,14H,13H2,1-5H3,(H,23,24)/b22-12-. The molecule has 0 saturated carbocycles. The van der Waals surface area contributed by atoms with Gasteiger partial charge in [0.15, 0.2) is 6.61 Å². The maximum atomic E-state index is 11.9. The summed E-state index contributed by atoms with van der Waals surface area (Å²) < 4.78 is 5.64. The number of carbonyl (C=O) groups is 1. The van der Waals surface area contributed by atoms with Crippen LogP contribution in [0.5, 0.6) is 5.75 Å². The molecule has 25 heavy (non-hydrogen) atoms. The van der Waals surface area contributed by atoms with Crippen molar-refractivity contribution in [2.45, 2.75) is 40.5 Å². The van der Waals surface area contributed by atoms with Gasteiger partial charge in [0, 0.05) is 0 Å². The molecule has 0 aliphatic carbocycles. The predicted molar refractivity (Wildman–Crippen MR) is 102 cm³/mol. The number of nitrogens with zero attached hydrogens (tertiary/aromatic N) is 1. The van der Waals surface area contributed by atoms with Crippen LogP contribution >= 0.6 is 0 Å². The van der Waals surface area contributed by atoms with Crippen molar-refractivity contribution in [2.75, 3.05) is 6.61 Å². The predicted octanol–water partition coefficient (Wildman–Crippen LogP) is 4.26. The topological polar surface area (TPSA) is 50.7 Å². The Labute approximate surface area is 149 Å². The summed E-state index contributed by atoms with van der Waals surface area (Å²) >= 11 is 0. The minimum Gasteiger partial charge on any atom is -0.483 e. The summed E-state index contributed by atoms with van der Waals surface area (Å²) in [6.45, 7) is 10.2. The van der Waals surface area contributed by atoms with Crippen LogP contribution in [0.2, 0.25) is 0 Å². The van der Waals surface area contributed by atoms with Gasteiger partial charge in [-0.3, -0.25) is 4.79 Å². The maximum absolute atomic E-state index is 11.9. The molecule has 0 aromatic heterocycles. The third-order valence-electron chi connectivity index (χ3n) is 3.96. The Morgan fingerprint density at radius 1 is 1.12 bits per heavy atom. The van der Waals surface area contributed by atoms with Crippen molar-refractivity contribution in [2.24, 2.45) is 5.10 Å². The molecule has 0 unspecified atom stereocenters. The van der Waals surface area contributed by atoms with Crippen molar-refractivity contribution < 1.29 is 9.53 Å². The van der Waals surface area contributed by atoms with Crippen molar-refractivity contribution >= 4 is 12.1 Å². The normalized spacial score (nSPS) is 11.1. The first kappa shape index (κ1) is 18.7. The lowest BCUT2D eigenvalue weighted by Crippen LogP contribution is -2.25. The Kier molecular flexibility index (Phi) is 6.34. The van der Waals surface area contributed by atoms with E-state index in [0.717, 1.165) is 22.4 Å². The van der Waals surface area contributed by atoms with Crippen LogP contribution in [-0.4, -0.2) is 18.7 Å². The molecule has 1 N–H and O–H groups in total. The molecule has 0 bridgehead atoms. The molecule has 0 atom stereocenters. The van der Waals surface area contributed by atoms with Crippen LogP contribution < -0.4 is 10.2 Å². The first-order valence-electron chi connectivity index (χ1n) is 8.49. The van der Waals surface area contributed by atoms with Crippen molar-refractivity contribution in [1.29, 1.82) is 0 Å². The van der Waals surface area contributed by atoms with E-state index in [9.17, 15) is 4.79 Å². The van der Waals surface area contributed by atoms with Gasteiger partial charge in [-0.15, -0.1) is 0 Å². The minimum atomic E-state index is -0.283. The summed E-state index contributed by atoms with van der Waals surface area (Å²) in [6.07, 6.45) is 1.63. The van der Waals surface area contributed by atoms with E-state index in [1.165, 1.54) is 11.1 Å². The zero-order valence-electron chi connectivity index (χ0n) is 15.6. The van der Waals surface area contributed by atoms with E-state index >= 15 is 0 Å². The van der Waals surface area contributed by atoms with Crippen molar-refractivity contribution in [1.82, 2.24) is 5.43 Å². The molecule has 0 aliphatic heterocycles. The molecule has 0 radical (unpaired) electrons. The molecule has 132 valence electrons. The van der Waals surface area contributed by atoms with E-state index < -0.39 is 0 Å². The van der Waals surface area contributed by atoms with Gasteiger partial charge >= 0.3 is 0 Å². The average molecular weight is 338 g/mol. The smallest absolute Gasteiger partial charge is 0.277 e. The Morgan fingerprint density at radius 3 is 2.28 bits per heavy atom. The second-order valence-electron chi connectivity index (χ2n) is 6.63. The fraction of sp³-hybridized carbons (Fsp3) is 0.333. The van der Waals surface area contributed by atoms with Crippen LogP contribution in [0.4, 0.5) is 0 Å². The van der Waals surface area contributed by atoms with E-state index in [4.69, 9.17) is 4.74 Å². The highest BCUT2D eigenvalue weighted by Crippen LogP contribution is 2.24. The van der Waals surface area contributed by atoms with Crippen molar-refractivity contribution in [3.05, 3.63) is 64.2 Å². The second kappa shape index (κ2) is 8.47. The van der Waals surface area contributed by atoms with Gasteiger partial charge in [0.2, 0.25) is 0 Å². The molecule has 1 amide bonds. The summed E-state index contributed by atoms with van der Waals surface area (Å²) in [5.41, 5.74) is 7.95. The fourth-order valence-corrected chi connectivity index (χ4v) is 2.71. The molecule has 0 fully saturated rings. The lowest BCUT2D eigenvalue weighted by Gasteiger charge is -2.12. The first-order valence-corrected chi connectivity index (χ1v) is 8.49. The van der Waals surface area contributed by atoms with Crippen LogP contribution in [0.25, 0.3) is 0 Å². The van der Waals surface area contributed by atoms with Crippen LogP contribution in [0.3, 0.4) is 0 Å². The highest BCUT2D eigenvalue weighted by atomic mass is 16.5. The molecular formula is C21H26N2O2. The van der Waals surface area contributed by atoms with E-state index in [0.29, 0.717) is 5.92 Å². The molecule has 0 saturated heterocycles. The van der Waals surface area contributed by atoms with Crippen molar-refractivity contribution in [3.8, 4) is 5.75 Å². The zero-order chi connectivity index (χ0) is 18.4. The molecule has 2 aromatic rings. The van der Waals surface area contributed by atoms with E-state index in [1.54, 1.807) is 6.21 Å². The van der Waals surface area contributed by atoms with Crippen LogP contribution in [0.15, 0.2) is 41.5 Å². The monoisotopic (exact) mass is 338 g/mol. The van der Waals surface area contributed by atoms with Crippen LogP contribution in [0, 0.1) is 20.8 Å². The lowest BCUT2D eigenvalue weighted by molar-refractivity contribution is -0.123. The number of hydrazone groups is 1. The third kappa shape index (κ3) is 5.45. The number of hydrogen-bond donors (Lipinski definition) is 1. The Balaban J connectivity index is 1.86. The molecule has 4 heteroatoms. The van der Waals surface area contributed by atoms with Gasteiger partial charge in [-0.2, -0.15) is 5.10 Å². The number of carbonyl (C=O) groups excluding carboxylic acids is 1. The number of aryl methyl sites for hydroxylation is 3. The summed E-state index contributed by atoms with van der Waals surface area (Å²) in [6, 6.07) is 12.2. The van der Waals surface area contributed by atoms with Crippen LogP contribution in [0.1, 0.15) is 47.6 Å². The quantitative estimate of drug-likeness (QED) is 0.632. The molecular weight excluding hydrogens is 312 g/mol. The molecule has 2 aromatic carbocycles. The van der Waals surface area contributed by atoms with Gasteiger partial charge in [0.1, 0.15) is 5.75 Å². The minimum absolute atomic E-state index is 0.0611. The SMILES string of the molecule is Cc1cc(C)c(OCC(=O)N/N=C\c2ccc(C(C)C)cc2)c(C)c1. The first-order chi connectivity index (χ1) is 11.9. The molecule has 4 nitrogen and oxygen atoms in total. The lowest BCUT2D eigenvalue weighted by atomic mass is 10.0. The van der Waals surface area contributed by atoms with E-state index in [2.05, 4.69) is 36.5 Å². The molecule has 2 rings (SSSR count). The number of amides is 1. The maximum Gasteiger partial charge on any atom is 0.277 e. The van der Waals surface area contributed by atoms with Crippen LogP contribution in [-0.2, 0) is 4.79 Å². The number of benzene rings is 2.